The van der Waals surface area contributed by atoms with E-state index >= 15 is 0 Å². The van der Waals surface area contributed by atoms with Crippen molar-refractivity contribution < 1.29 is 14.4 Å². The Balaban J connectivity index is 1.65. The summed E-state index contributed by atoms with van der Waals surface area (Å²) in [6, 6.07) is 3.64. The number of nitriles is 1. The van der Waals surface area contributed by atoms with Gasteiger partial charge in [-0.3, -0.25) is 9.59 Å². The monoisotopic (exact) mass is 414 g/mol. The summed E-state index contributed by atoms with van der Waals surface area (Å²) >= 11 is 6.25. The Kier molecular flexibility index (Phi) is 4.39. The van der Waals surface area contributed by atoms with Gasteiger partial charge in [-0.05, 0) is 36.5 Å². The third-order valence-electron chi connectivity index (χ3n) is 5.99. The van der Waals surface area contributed by atoms with Gasteiger partial charge in [0.25, 0.3) is 5.91 Å². The molecule has 8 heteroatoms. The molecule has 4 amide bonds. The molecule has 4 rings (SSSR count). The van der Waals surface area contributed by atoms with Crippen molar-refractivity contribution in [3.63, 3.8) is 0 Å². The van der Waals surface area contributed by atoms with Crippen LogP contribution in [0, 0.1) is 23.7 Å². The average molecular weight is 415 g/mol. The lowest BCUT2D eigenvalue weighted by molar-refractivity contribution is -0.137. The van der Waals surface area contributed by atoms with Gasteiger partial charge in [-0.15, -0.1) is 0 Å². The standard InChI is InChI=1S/C21H23ClN4O3/c1-11-14(6-5-12(9-23)17(11)22)26-19(28)18-15-7-13(25(18)20(26)29)10-24(15)16(27)8-21(2,3)4/h5-6,13,15,18H,7-8,10H2,1-4H3/t13-,15?,18?/m1/s1. The third-order valence-corrected chi connectivity index (χ3v) is 6.47. The second-order valence-electron chi connectivity index (χ2n) is 9.23. The molecule has 3 aliphatic rings. The van der Waals surface area contributed by atoms with Crippen molar-refractivity contribution in [2.75, 3.05) is 11.4 Å². The summed E-state index contributed by atoms with van der Waals surface area (Å²) < 4.78 is 0. The number of imide groups is 1. The summed E-state index contributed by atoms with van der Waals surface area (Å²) in [5.74, 6) is -0.305. The molecular weight excluding hydrogens is 392 g/mol. The van der Waals surface area contributed by atoms with Gasteiger partial charge in [-0.2, -0.15) is 5.26 Å². The molecule has 0 N–H and O–H groups in total. The van der Waals surface area contributed by atoms with E-state index in [1.807, 2.05) is 26.8 Å². The molecule has 3 atom stereocenters. The number of carbonyl (C=O) groups excluding carboxylic acids is 3. The van der Waals surface area contributed by atoms with Gasteiger partial charge in [0, 0.05) is 13.0 Å². The predicted molar refractivity (Wildman–Crippen MR) is 107 cm³/mol. The highest BCUT2D eigenvalue weighted by Crippen LogP contribution is 2.44. The number of fused-ring (bicyclic) bond motifs is 5. The Bertz CT molecular complexity index is 977. The fraction of sp³-hybridized carbons (Fsp3) is 0.524. The van der Waals surface area contributed by atoms with Gasteiger partial charge >= 0.3 is 6.03 Å². The normalized spacial score (nSPS) is 25.7. The summed E-state index contributed by atoms with van der Waals surface area (Å²) in [5.41, 5.74) is 1.06. The lowest BCUT2D eigenvalue weighted by Gasteiger charge is -2.36. The van der Waals surface area contributed by atoms with Crippen LogP contribution in [0.5, 0.6) is 0 Å². The smallest absolute Gasteiger partial charge is 0.332 e. The minimum Gasteiger partial charge on any atom is -0.335 e. The van der Waals surface area contributed by atoms with Crippen molar-refractivity contribution >= 4 is 35.1 Å². The molecule has 0 aromatic heterocycles. The molecule has 3 fully saturated rings. The van der Waals surface area contributed by atoms with Gasteiger partial charge in [-0.25, -0.2) is 9.69 Å². The van der Waals surface area contributed by atoms with Crippen molar-refractivity contribution in [1.82, 2.24) is 9.80 Å². The third kappa shape index (κ3) is 2.89. The first-order valence-corrected chi connectivity index (χ1v) is 10.1. The number of urea groups is 1. The van der Waals surface area contributed by atoms with E-state index in [0.717, 1.165) is 4.90 Å². The molecule has 7 nitrogen and oxygen atoms in total. The van der Waals surface area contributed by atoms with E-state index in [2.05, 4.69) is 0 Å². The van der Waals surface area contributed by atoms with Crippen LogP contribution >= 0.6 is 11.6 Å². The Morgan fingerprint density at radius 1 is 1.31 bits per heavy atom. The fourth-order valence-electron chi connectivity index (χ4n) is 4.72. The largest absolute Gasteiger partial charge is 0.335 e. The summed E-state index contributed by atoms with van der Waals surface area (Å²) in [5, 5.41) is 9.38. The molecule has 3 saturated heterocycles. The molecular formula is C21H23ClN4O3. The summed E-state index contributed by atoms with van der Waals surface area (Å²) in [6.45, 7) is 8.19. The fourth-order valence-corrected chi connectivity index (χ4v) is 4.93. The maximum atomic E-state index is 13.3. The number of nitrogens with zero attached hydrogens (tertiary/aromatic N) is 4. The van der Waals surface area contributed by atoms with E-state index in [1.165, 1.54) is 6.07 Å². The van der Waals surface area contributed by atoms with E-state index in [1.54, 1.807) is 22.8 Å². The molecule has 0 radical (unpaired) electrons. The van der Waals surface area contributed by atoms with E-state index in [0.29, 0.717) is 36.2 Å². The lowest BCUT2D eigenvalue weighted by Crippen LogP contribution is -2.55. The average Bonchev–Trinajstić information content (AvgIpc) is 3.28. The lowest BCUT2D eigenvalue weighted by atomic mass is 9.91. The van der Waals surface area contributed by atoms with Crippen molar-refractivity contribution in [2.45, 2.75) is 58.7 Å². The van der Waals surface area contributed by atoms with Gasteiger partial charge in [0.1, 0.15) is 12.1 Å². The predicted octanol–water partition coefficient (Wildman–Crippen LogP) is 3.08. The molecule has 1 aromatic rings. The molecule has 2 unspecified atom stereocenters. The minimum absolute atomic E-state index is 0.0287. The number of rotatable bonds is 2. The van der Waals surface area contributed by atoms with Crippen LogP contribution in [0.1, 0.15) is 44.7 Å². The van der Waals surface area contributed by atoms with E-state index in [9.17, 15) is 14.4 Å². The van der Waals surface area contributed by atoms with Gasteiger partial charge in [0.2, 0.25) is 5.91 Å². The van der Waals surface area contributed by atoms with E-state index in [-0.39, 0.29) is 40.4 Å². The Morgan fingerprint density at radius 3 is 2.62 bits per heavy atom. The molecule has 1 aromatic carbocycles. The highest BCUT2D eigenvalue weighted by atomic mass is 35.5. The summed E-state index contributed by atoms with van der Waals surface area (Å²) in [7, 11) is 0. The Hall–Kier alpha value is -2.59. The first-order chi connectivity index (χ1) is 13.5. The summed E-state index contributed by atoms with van der Waals surface area (Å²) in [6.07, 6.45) is 1.04. The van der Waals surface area contributed by atoms with Crippen LogP contribution in [0.15, 0.2) is 12.1 Å². The first kappa shape index (κ1) is 19.7. The SMILES string of the molecule is Cc1c(N2C(=O)C3C4C[C@H](CN4C(=O)CC(C)(C)C)N3C2=O)ccc(C#N)c1Cl. The maximum absolute atomic E-state index is 13.3. The summed E-state index contributed by atoms with van der Waals surface area (Å²) in [4.78, 5) is 43.8. The minimum atomic E-state index is -0.654. The molecule has 2 bridgehead atoms. The number of amides is 4. The van der Waals surface area contributed by atoms with Crippen LogP contribution in [-0.4, -0.2) is 52.3 Å². The van der Waals surface area contributed by atoms with Gasteiger partial charge in [0.15, 0.2) is 0 Å². The number of benzene rings is 1. The van der Waals surface area contributed by atoms with Crippen LogP contribution in [0.25, 0.3) is 0 Å². The van der Waals surface area contributed by atoms with Gasteiger partial charge in [0.05, 0.1) is 28.4 Å². The number of halogens is 1. The van der Waals surface area contributed by atoms with Crippen molar-refractivity contribution in [3.05, 3.63) is 28.3 Å². The molecule has 0 aliphatic carbocycles. The van der Waals surface area contributed by atoms with Crippen molar-refractivity contribution in [2.24, 2.45) is 5.41 Å². The molecule has 3 aliphatic heterocycles. The topological polar surface area (TPSA) is 84.7 Å². The number of anilines is 1. The highest BCUT2D eigenvalue weighted by molar-refractivity contribution is 6.33. The maximum Gasteiger partial charge on any atom is 0.332 e. The van der Waals surface area contributed by atoms with E-state index < -0.39 is 6.04 Å². The zero-order valence-corrected chi connectivity index (χ0v) is 17.7. The Morgan fingerprint density at radius 2 is 2.00 bits per heavy atom. The number of likely N-dealkylation sites (tertiary alicyclic amines) is 1. The number of hydrogen-bond acceptors (Lipinski definition) is 4. The second kappa shape index (κ2) is 6.46. The van der Waals surface area contributed by atoms with Gasteiger partial charge in [-0.1, -0.05) is 32.4 Å². The van der Waals surface area contributed by atoms with Gasteiger partial charge < -0.3 is 9.80 Å². The molecule has 0 saturated carbocycles. The quantitative estimate of drug-likeness (QED) is 0.696. The number of hydrogen-bond donors (Lipinski definition) is 0. The van der Waals surface area contributed by atoms with Crippen LogP contribution in [0.4, 0.5) is 10.5 Å². The highest BCUT2D eigenvalue weighted by Gasteiger charge is 2.63. The molecule has 152 valence electrons. The first-order valence-electron chi connectivity index (χ1n) is 9.70. The van der Waals surface area contributed by atoms with E-state index in [4.69, 9.17) is 16.9 Å². The van der Waals surface area contributed by atoms with Crippen LogP contribution < -0.4 is 4.90 Å². The van der Waals surface area contributed by atoms with Crippen LogP contribution in [0.3, 0.4) is 0 Å². The van der Waals surface area contributed by atoms with Crippen LogP contribution in [-0.2, 0) is 9.59 Å². The molecule has 0 spiro atoms. The number of carbonyl (C=O) groups is 3. The zero-order valence-electron chi connectivity index (χ0n) is 16.9. The second-order valence-corrected chi connectivity index (χ2v) is 9.61. The zero-order chi connectivity index (χ0) is 21.2. The molecule has 29 heavy (non-hydrogen) atoms. The Labute approximate surface area is 174 Å². The van der Waals surface area contributed by atoms with Crippen molar-refractivity contribution in [3.8, 4) is 6.07 Å². The van der Waals surface area contributed by atoms with Crippen molar-refractivity contribution in [1.29, 1.82) is 5.26 Å². The number of piperazine rings is 1. The molecule has 3 heterocycles. The van der Waals surface area contributed by atoms with Crippen LogP contribution in [0.2, 0.25) is 5.02 Å².